The summed E-state index contributed by atoms with van der Waals surface area (Å²) >= 11 is 0. The fraction of sp³-hybridized carbons (Fsp3) is 0.412. The molecule has 2 aromatic rings. The monoisotopic (exact) mass is 299 g/mol. The van der Waals surface area contributed by atoms with E-state index in [2.05, 4.69) is 41.6 Å². The minimum atomic E-state index is -0.0966. The van der Waals surface area contributed by atoms with Crippen molar-refractivity contribution in [1.82, 2.24) is 15.1 Å². The lowest BCUT2D eigenvalue weighted by Gasteiger charge is -2.32. The summed E-state index contributed by atoms with van der Waals surface area (Å²) in [5.74, 6) is -0.0966. The highest BCUT2D eigenvalue weighted by Crippen LogP contribution is 2.28. The summed E-state index contributed by atoms with van der Waals surface area (Å²) in [5, 5.41) is 7.14. The fourth-order valence-electron chi connectivity index (χ4n) is 2.80. The van der Waals surface area contributed by atoms with Gasteiger partial charge in [0.2, 0.25) is 0 Å². The number of nitrogens with one attached hydrogen (secondary N) is 1. The van der Waals surface area contributed by atoms with Crippen LogP contribution < -0.4 is 5.32 Å². The maximum absolute atomic E-state index is 12.3. The Morgan fingerprint density at radius 3 is 2.82 bits per heavy atom. The van der Waals surface area contributed by atoms with Crippen LogP contribution in [0.1, 0.15) is 40.4 Å². The third-order valence-electron chi connectivity index (χ3n) is 4.01. The number of amides is 1. The van der Waals surface area contributed by atoms with Gasteiger partial charge in [0.05, 0.1) is 17.8 Å². The van der Waals surface area contributed by atoms with Crippen LogP contribution in [0.25, 0.3) is 0 Å². The van der Waals surface area contributed by atoms with E-state index in [0.717, 1.165) is 25.0 Å². The van der Waals surface area contributed by atoms with Crippen LogP contribution in [0.4, 0.5) is 0 Å². The molecule has 22 heavy (non-hydrogen) atoms. The Hall–Kier alpha value is -2.14. The SMILES string of the molecule is Cc1ccc([C@@H]2OCCC[C@H]2NC(=O)c2cnn(C)c2)cc1. The molecule has 0 saturated carbocycles. The van der Waals surface area contributed by atoms with Crippen molar-refractivity contribution in [3.05, 3.63) is 53.3 Å². The summed E-state index contributed by atoms with van der Waals surface area (Å²) < 4.78 is 7.55. The lowest BCUT2D eigenvalue weighted by molar-refractivity contribution is -0.00946. The molecule has 1 aliphatic heterocycles. The van der Waals surface area contributed by atoms with Gasteiger partial charge in [-0.3, -0.25) is 9.48 Å². The highest BCUT2D eigenvalue weighted by Gasteiger charge is 2.29. The predicted octanol–water partition coefficient (Wildman–Crippen LogP) is 2.38. The summed E-state index contributed by atoms with van der Waals surface area (Å²) in [5.41, 5.74) is 2.91. The standard InChI is InChI=1S/C17H21N3O2/c1-12-5-7-13(8-6-12)16-15(4-3-9-22-16)19-17(21)14-10-18-20(2)11-14/h5-8,10-11,15-16H,3-4,9H2,1-2H3,(H,19,21)/t15-,16+/m1/s1. The smallest absolute Gasteiger partial charge is 0.254 e. The minimum absolute atomic E-state index is 0.0100. The Kier molecular flexibility index (Phi) is 4.24. The van der Waals surface area contributed by atoms with E-state index >= 15 is 0 Å². The molecule has 0 radical (unpaired) electrons. The van der Waals surface area contributed by atoms with Crippen LogP contribution in [0.3, 0.4) is 0 Å². The first kappa shape index (κ1) is 14.8. The number of aryl methyl sites for hydroxylation is 2. The van der Waals surface area contributed by atoms with Crippen LogP contribution >= 0.6 is 0 Å². The van der Waals surface area contributed by atoms with Crippen molar-refractivity contribution >= 4 is 5.91 Å². The maximum atomic E-state index is 12.3. The van der Waals surface area contributed by atoms with Crippen molar-refractivity contribution in [3.8, 4) is 0 Å². The van der Waals surface area contributed by atoms with Gasteiger partial charge >= 0.3 is 0 Å². The van der Waals surface area contributed by atoms with Crippen LogP contribution in [-0.4, -0.2) is 28.3 Å². The number of hydrogen-bond donors (Lipinski definition) is 1. The van der Waals surface area contributed by atoms with Gasteiger partial charge in [-0.15, -0.1) is 0 Å². The van der Waals surface area contributed by atoms with Gasteiger partial charge in [0.1, 0.15) is 6.10 Å². The Morgan fingerprint density at radius 2 is 2.14 bits per heavy atom. The summed E-state index contributed by atoms with van der Waals surface area (Å²) in [7, 11) is 1.80. The normalized spacial score (nSPS) is 21.5. The van der Waals surface area contributed by atoms with Gasteiger partial charge < -0.3 is 10.1 Å². The van der Waals surface area contributed by atoms with E-state index < -0.39 is 0 Å². The summed E-state index contributed by atoms with van der Waals surface area (Å²) in [6, 6.07) is 8.30. The molecule has 0 spiro atoms. The molecule has 1 aliphatic rings. The molecule has 2 atom stereocenters. The maximum Gasteiger partial charge on any atom is 0.254 e. The van der Waals surface area contributed by atoms with Gasteiger partial charge in [-0.05, 0) is 25.3 Å². The van der Waals surface area contributed by atoms with Crippen LogP contribution in [0.15, 0.2) is 36.7 Å². The first-order valence-corrected chi connectivity index (χ1v) is 7.61. The quantitative estimate of drug-likeness (QED) is 0.946. The molecule has 1 aromatic heterocycles. The number of aromatic nitrogens is 2. The number of benzene rings is 1. The van der Waals surface area contributed by atoms with Gasteiger partial charge in [0.25, 0.3) is 5.91 Å². The average molecular weight is 299 g/mol. The second-order valence-electron chi connectivity index (χ2n) is 5.83. The zero-order valence-corrected chi connectivity index (χ0v) is 13.0. The van der Waals surface area contributed by atoms with Crippen molar-refractivity contribution in [2.45, 2.75) is 31.9 Å². The molecule has 1 aromatic carbocycles. The van der Waals surface area contributed by atoms with Gasteiger partial charge in [0, 0.05) is 19.9 Å². The number of ether oxygens (including phenoxy) is 1. The molecule has 5 heteroatoms. The molecule has 1 saturated heterocycles. The van der Waals surface area contributed by atoms with Crippen molar-refractivity contribution in [2.24, 2.45) is 7.05 Å². The van der Waals surface area contributed by atoms with Gasteiger partial charge in [0.15, 0.2) is 0 Å². The molecule has 1 N–H and O–H groups in total. The molecule has 0 unspecified atom stereocenters. The number of rotatable bonds is 3. The molecule has 0 bridgehead atoms. The van der Waals surface area contributed by atoms with Crippen molar-refractivity contribution in [3.63, 3.8) is 0 Å². The lowest BCUT2D eigenvalue weighted by Crippen LogP contribution is -2.42. The molecular formula is C17H21N3O2. The number of hydrogen-bond acceptors (Lipinski definition) is 3. The predicted molar refractivity (Wildman–Crippen MR) is 83.6 cm³/mol. The van der Waals surface area contributed by atoms with Crippen LogP contribution in [0, 0.1) is 6.92 Å². The van der Waals surface area contributed by atoms with Gasteiger partial charge in [-0.2, -0.15) is 5.10 Å². The molecule has 5 nitrogen and oxygen atoms in total. The Balaban J connectivity index is 1.75. The molecule has 3 rings (SSSR count). The molecule has 2 heterocycles. The summed E-state index contributed by atoms with van der Waals surface area (Å²) in [4.78, 5) is 12.3. The fourth-order valence-corrected chi connectivity index (χ4v) is 2.80. The second kappa shape index (κ2) is 6.32. The molecule has 1 fully saturated rings. The first-order chi connectivity index (χ1) is 10.6. The average Bonchev–Trinajstić information content (AvgIpc) is 2.95. The van der Waals surface area contributed by atoms with E-state index in [9.17, 15) is 4.79 Å². The van der Waals surface area contributed by atoms with E-state index in [1.54, 1.807) is 24.1 Å². The zero-order chi connectivity index (χ0) is 15.5. The molecule has 1 amide bonds. The highest BCUT2D eigenvalue weighted by molar-refractivity contribution is 5.93. The van der Waals surface area contributed by atoms with E-state index in [4.69, 9.17) is 4.74 Å². The number of carbonyl (C=O) groups excluding carboxylic acids is 1. The van der Waals surface area contributed by atoms with Crippen molar-refractivity contribution in [2.75, 3.05) is 6.61 Å². The largest absolute Gasteiger partial charge is 0.371 e. The van der Waals surface area contributed by atoms with Crippen molar-refractivity contribution in [1.29, 1.82) is 0 Å². The van der Waals surface area contributed by atoms with Crippen LogP contribution in [0.2, 0.25) is 0 Å². The van der Waals surface area contributed by atoms with E-state index in [0.29, 0.717) is 5.56 Å². The Morgan fingerprint density at radius 1 is 1.36 bits per heavy atom. The summed E-state index contributed by atoms with van der Waals surface area (Å²) in [6.45, 7) is 2.80. The van der Waals surface area contributed by atoms with E-state index in [1.807, 2.05) is 0 Å². The summed E-state index contributed by atoms with van der Waals surface area (Å²) in [6.07, 6.45) is 5.10. The van der Waals surface area contributed by atoms with Crippen LogP contribution in [0.5, 0.6) is 0 Å². The van der Waals surface area contributed by atoms with E-state index in [-0.39, 0.29) is 18.1 Å². The van der Waals surface area contributed by atoms with Crippen LogP contribution in [-0.2, 0) is 11.8 Å². The number of nitrogens with zero attached hydrogens (tertiary/aromatic N) is 2. The third-order valence-corrected chi connectivity index (χ3v) is 4.01. The second-order valence-corrected chi connectivity index (χ2v) is 5.83. The lowest BCUT2D eigenvalue weighted by atomic mass is 9.95. The molecule has 0 aliphatic carbocycles. The molecule has 116 valence electrons. The molecular weight excluding hydrogens is 278 g/mol. The zero-order valence-electron chi connectivity index (χ0n) is 13.0. The third kappa shape index (κ3) is 3.20. The topological polar surface area (TPSA) is 56.1 Å². The Bertz CT molecular complexity index is 648. The minimum Gasteiger partial charge on any atom is -0.371 e. The number of carbonyl (C=O) groups is 1. The first-order valence-electron chi connectivity index (χ1n) is 7.61. The van der Waals surface area contributed by atoms with Crippen molar-refractivity contribution < 1.29 is 9.53 Å². The van der Waals surface area contributed by atoms with Gasteiger partial charge in [-0.25, -0.2) is 0 Å². The Labute approximate surface area is 130 Å². The highest BCUT2D eigenvalue weighted by atomic mass is 16.5. The van der Waals surface area contributed by atoms with Gasteiger partial charge in [-0.1, -0.05) is 29.8 Å². The van der Waals surface area contributed by atoms with E-state index in [1.165, 1.54) is 5.56 Å².